The fourth-order valence-corrected chi connectivity index (χ4v) is 5.06. The summed E-state index contributed by atoms with van der Waals surface area (Å²) in [6.07, 6.45) is 9.48. The number of imidazole rings is 1. The molecule has 0 aliphatic rings. The summed E-state index contributed by atoms with van der Waals surface area (Å²) in [4.78, 5) is 30.4. The Morgan fingerprint density at radius 1 is 1.05 bits per heavy atom. The van der Waals surface area contributed by atoms with Crippen LogP contribution in [0.2, 0.25) is 0 Å². The third kappa shape index (κ3) is 7.49. The van der Waals surface area contributed by atoms with Crippen molar-refractivity contribution < 1.29 is 23.1 Å². The van der Waals surface area contributed by atoms with Gasteiger partial charge in [-0.15, -0.1) is 0 Å². The molecule has 1 atom stereocenters. The van der Waals surface area contributed by atoms with Crippen LogP contribution in [0.1, 0.15) is 34.8 Å². The molecule has 9 heteroatoms. The molecule has 1 unspecified atom stereocenters. The molecule has 3 aromatic carbocycles. The van der Waals surface area contributed by atoms with Crippen LogP contribution < -0.4 is 5.32 Å². The summed E-state index contributed by atoms with van der Waals surface area (Å²) < 4.78 is 34.4. The van der Waals surface area contributed by atoms with Crippen LogP contribution in [0.3, 0.4) is 0 Å². The molecule has 0 saturated carbocycles. The van der Waals surface area contributed by atoms with Gasteiger partial charge in [0, 0.05) is 24.5 Å². The molecule has 0 aliphatic carbocycles. The van der Waals surface area contributed by atoms with Gasteiger partial charge in [-0.3, -0.25) is 4.79 Å². The Morgan fingerprint density at radius 2 is 1.73 bits per heavy atom. The van der Waals surface area contributed by atoms with Gasteiger partial charge < -0.3 is 14.6 Å². The highest BCUT2D eigenvalue weighted by molar-refractivity contribution is 7.98. The van der Waals surface area contributed by atoms with E-state index in [0.717, 1.165) is 16.7 Å². The first-order chi connectivity index (χ1) is 19.7. The smallest absolute Gasteiger partial charge is 0.331 e. The minimum Gasteiger partial charge on any atom is -0.467 e. The fourth-order valence-electron chi connectivity index (χ4n) is 4.45. The Morgan fingerprint density at radius 3 is 2.34 bits per heavy atom. The molecule has 0 radical (unpaired) electrons. The van der Waals surface area contributed by atoms with Crippen molar-refractivity contribution in [3.63, 3.8) is 0 Å². The Kier molecular flexibility index (Phi) is 9.73. The van der Waals surface area contributed by atoms with Crippen LogP contribution in [-0.2, 0) is 16.1 Å². The number of amides is 1. The largest absolute Gasteiger partial charge is 0.467 e. The zero-order chi connectivity index (χ0) is 29.4. The summed E-state index contributed by atoms with van der Waals surface area (Å²) in [7, 11) is 1.29. The molecule has 0 aliphatic heterocycles. The molecule has 0 fully saturated rings. The number of halogens is 2. The van der Waals surface area contributed by atoms with Crippen molar-refractivity contribution in [3.8, 4) is 11.1 Å². The molecule has 4 aromatic rings. The number of ether oxygens (including phenoxy) is 1. The summed E-state index contributed by atoms with van der Waals surface area (Å²) in [5.74, 6) is -1.08. The molecular formula is C32H31F2N3O3S. The van der Waals surface area contributed by atoms with Gasteiger partial charge in [-0.2, -0.15) is 11.8 Å². The lowest BCUT2D eigenvalue weighted by atomic mass is 9.93. The summed E-state index contributed by atoms with van der Waals surface area (Å²) >= 11 is 1.56. The summed E-state index contributed by atoms with van der Waals surface area (Å²) in [6.45, 7) is 2.12. The molecule has 0 saturated heterocycles. The summed E-state index contributed by atoms with van der Waals surface area (Å²) in [6, 6.07) is 17.4. The zero-order valence-corrected chi connectivity index (χ0v) is 23.9. The fraction of sp³-hybridized carbons (Fsp3) is 0.219. The van der Waals surface area contributed by atoms with Crippen molar-refractivity contribution >= 4 is 35.3 Å². The second kappa shape index (κ2) is 13.4. The van der Waals surface area contributed by atoms with Crippen LogP contribution in [0, 0.1) is 11.6 Å². The van der Waals surface area contributed by atoms with Crippen molar-refractivity contribution in [1.29, 1.82) is 0 Å². The molecule has 0 spiro atoms. The zero-order valence-electron chi connectivity index (χ0n) is 23.1. The first-order valence-corrected chi connectivity index (χ1v) is 14.3. The maximum Gasteiger partial charge on any atom is 0.331 e. The summed E-state index contributed by atoms with van der Waals surface area (Å²) in [5.41, 5.74) is 2.79. The predicted octanol–water partition coefficient (Wildman–Crippen LogP) is 6.48. The molecule has 6 nitrogen and oxygen atoms in total. The van der Waals surface area contributed by atoms with E-state index in [2.05, 4.69) is 10.3 Å². The number of methoxy groups -OCH3 is 1. The van der Waals surface area contributed by atoms with E-state index >= 15 is 0 Å². The number of nitrogens with one attached hydrogen (secondary N) is 1. The van der Waals surface area contributed by atoms with Crippen molar-refractivity contribution in [3.05, 3.63) is 114 Å². The minimum atomic E-state index is -1.23. The maximum atomic E-state index is 13.8. The Labute approximate surface area is 242 Å². The molecule has 0 bridgehead atoms. The van der Waals surface area contributed by atoms with Crippen molar-refractivity contribution in [2.45, 2.75) is 25.4 Å². The number of esters is 1. The second-order valence-corrected chi connectivity index (χ2v) is 10.7. The van der Waals surface area contributed by atoms with Gasteiger partial charge in [0.1, 0.15) is 17.2 Å². The van der Waals surface area contributed by atoms with Crippen LogP contribution in [0.5, 0.6) is 0 Å². The van der Waals surface area contributed by atoms with E-state index in [1.807, 2.05) is 29.2 Å². The Bertz CT molecular complexity index is 1520. The van der Waals surface area contributed by atoms with Gasteiger partial charge in [0.25, 0.3) is 5.91 Å². The number of allylic oxidation sites excluding steroid dienone is 1. The number of benzene rings is 3. The topological polar surface area (TPSA) is 73.2 Å². The highest BCUT2D eigenvalue weighted by Gasteiger charge is 2.36. The Hall–Kier alpha value is -4.24. The molecule has 1 heterocycles. The number of hydrogen-bond donors (Lipinski definition) is 1. The second-order valence-electron chi connectivity index (χ2n) is 9.74. The van der Waals surface area contributed by atoms with Gasteiger partial charge in [-0.05, 0) is 95.7 Å². The highest BCUT2D eigenvalue weighted by atomic mass is 32.2. The van der Waals surface area contributed by atoms with E-state index in [1.165, 1.54) is 31.4 Å². The molecule has 41 heavy (non-hydrogen) atoms. The molecular weight excluding hydrogens is 544 g/mol. The van der Waals surface area contributed by atoms with Gasteiger partial charge in [0.15, 0.2) is 0 Å². The average Bonchev–Trinajstić information content (AvgIpc) is 3.49. The van der Waals surface area contributed by atoms with E-state index in [0.29, 0.717) is 35.4 Å². The van der Waals surface area contributed by atoms with Crippen molar-refractivity contribution in [2.75, 3.05) is 19.1 Å². The summed E-state index contributed by atoms with van der Waals surface area (Å²) in [5, 5.41) is 2.88. The number of carbonyl (C=O) groups is 2. The molecule has 1 amide bonds. The van der Waals surface area contributed by atoms with Crippen LogP contribution >= 0.6 is 11.8 Å². The van der Waals surface area contributed by atoms with E-state index in [4.69, 9.17) is 4.74 Å². The SMILES string of the molecule is COC(=O)C(C)(CCSC)NC(=O)c1ccc(/C=C(/Cn2ccnc2)c2ccc(F)cc2)cc1-c1ccc(F)cc1. The first kappa shape index (κ1) is 29.7. The monoisotopic (exact) mass is 575 g/mol. The normalized spacial score (nSPS) is 13.0. The maximum absolute atomic E-state index is 13.8. The van der Waals surface area contributed by atoms with Gasteiger partial charge >= 0.3 is 5.97 Å². The first-order valence-electron chi connectivity index (χ1n) is 12.9. The van der Waals surface area contributed by atoms with E-state index in [1.54, 1.807) is 67.6 Å². The molecule has 4 rings (SSSR count). The number of rotatable bonds is 11. The third-order valence-corrected chi connectivity index (χ3v) is 7.36. The lowest BCUT2D eigenvalue weighted by Gasteiger charge is -2.28. The van der Waals surface area contributed by atoms with E-state index in [9.17, 15) is 18.4 Å². The standard InChI is InChI=1S/C32H31F2N3O3S/c1-32(14-17-41-3,31(39)40-2)36-30(38)28-13-4-22(19-29(28)24-7-11-27(34)12-8-24)18-25(20-37-16-15-35-21-37)23-5-9-26(33)10-6-23/h4-13,15-16,18-19,21H,14,17,20H2,1-3H3,(H,36,38)/b25-18-. The van der Waals surface area contributed by atoms with Gasteiger partial charge in [-0.1, -0.05) is 30.3 Å². The third-order valence-electron chi connectivity index (χ3n) is 6.74. The lowest BCUT2D eigenvalue weighted by molar-refractivity contribution is -0.147. The van der Waals surface area contributed by atoms with Crippen LogP contribution in [-0.4, -0.2) is 46.1 Å². The average molecular weight is 576 g/mol. The number of hydrogen-bond acceptors (Lipinski definition) is 5. The van der Waals surface area contributed by atoms with Crippen LogP contribution in [0.15, 0.2) is 85.5 Å². The number of carbonyl (C=O) groups excluding carboxylic acids is 2. The molecule has 212 valence electrons. The predicted molar refractivity (Wildman–Crippen MR) is 159 cm³/mol. The number of aromatic nitrogens is 2. The molecule has 1 aromatic heterocycles. The molecule has 1 N–H and O–H groups in total. The van der Waals surface area contributed by atoms with Gasteiger partial charge in [0.2, 0.25) is 0 Å². The Balaban J connectivity index is 1.78. The number of nitrogens with zero attached hydrogens (tertiary/aromatic N) is 2. The van der Waals surface area contributed by atoms with Gasteiger partial charge in [-0.25, -0.2) is 18.6 Å². The van der Waals surface area contributed by atoms with Crippen LogP contribution in [0.4, 0.5) is 8.78 Å². The quantitative estimate of drug-likeness (QED) is 0.164. The van der Waals surface area contributed by atoms with E-state index < -0.39 is 23.2 Å². The van der Waals surface area contributed by atoms with Crippen molar-refractivity contribution in [2.24, 2.45) is 0 Å². The van der Waals surface area contributed by atoms with Crippen molar-refractivity contribution in [1.82, 2.24) is 14.9 Å². The van der Waals surface area contributed by atoms with Crippen LogP contribution in [0.25, 0.3) is 22.8 Å². The minimum absolute atomic E-state index is 0.325. The number of thioether (sulfide) groups is 1. The highest BCUT2D eigenvalue weighted by Crippen LogP contribution is 2.29. The van der Waals surface area contributed by atoms with E-state index in [-0.39, 0.29) is 5.82 Å². The lowest BCUT2D eigenvalue weighted by Crippen LogP contribution is -2.53. The van der Waals surface area contributed by atoms with Gasteiger partial charge in [0.05, 0.1) is 13.4 Å².